The lowest BCUT2D eigenvalue weighted by Gasteiger charge is -2.27. The second-order valence-corrected chi connectivity index (χ2v) is 4.40. The van der Waals surface area contributed by atoms with Gasteiger partial charge in [-0.05, 0) is 18.9 Å². The molecule has 2 fully saturated rings. The van der Waals surface area contributed by atoms with Crippen LogP contribution in [-0.4, -0.2) is 30.3 Å². The molecule has 4 nitrogen and oxygen atoms in total. The third-order valence-corrected chi connectivity index (χ3v) is 2.89. The minimum absolute atomic E-state index is 0.189. The van der Waals surface area contributed by atoms with Gasteiger partial charge in [-0.25, -0.2) is 4.98 Å². The Bertz CT molecular complexity index is 362. The van der Waals surface area contributed by atoms with Gasteiger partial charge in [-0.1, -0.05) is 6.07 Å². The van der Waals surface area contributed by atoms with Crippen LogP contribution in [0.4, 0.5) is 0 Å². The Labute approximate surface area is 95.0 Å². The molecule has 1 saturated heterocycles. The Morgan fingerprint density at radius 3 is 3.00 bits per heavy atom. The fraction of sp³-hybridized carbons (Fsp3) is 0.583. The molecule has 86 valence electrons. The van der Waals surface area contributed by atoms with Crippen LogP contribution in [0, 0.1) is 0 Å². The van der Waals surface area contributed by atoms with E-state index in [2.05, 4.69) is 16.4 Å². The summed E-state index contributed by atoms with van der Waals surface area (Å²) in [6, 6.07) is 4.73. The van der Waals surface area contributed by atoms with Crippen molar-refractivity contribution in [2.75, 3.05) is 13.2 Å². The van der Waals surface area contributed by atoms with Crippen molar-refractivity contribution in [1.29, 1.82) is 0 Å². The maximum Gasteiger partial charge on any atom is 0.218 e. The van der Waals surface area contributed by atoms with Gasteiger partial charge in [-0.15, -0.1) is 0 Å². The van der Waals surface area contributed by atoms with E-state index in [0.29, 0.717) is 19.3 Å². The maximum absolute atomic E-state index is 5.76. The molecule has 2 heterocycles. The van der Waals surface area contributed by atoms with Gasteiger partial charge in [0.15, 0.2) is 0 Å². The molecule has 1 N–H and O–H groups in total. The second kappa shape index (κ2) is 4.39. The highest BCUT2D eigenvalue weighted by Gasteiger charge is 2.23. The molecule has 0 radical (unpaired) electrons. The van der Waals surface area contributed by atoms with Crippen molar-refractivity contribution in [3.05, 3.63) is 23.9 Å². The van der Waals surface area contributed by atoms with Gasteiger partial charge in [0.2, 0.25) is 5.88 Å². The summed E-state index contributed by atoms with van der Waals surface area (Å²) in [5, 5.41) is 3.47. The first-order valence-corrected chi connectivity index (χ1v) is 5.83. The van der Waals surface area contributed by atoms with E-state index in [1.165, 1.54) is 12.8 Å². The molecule has 0 bridgehead atoms. The highest BCUT2D eigenvalue weighted by Crippen LogP contribution is 2.22. The molecule has 0 spiro atoms. The first-order valence-electron chi connectivity index (χ1n) is 5.83. The molecule has 2 aliphatic rings. The van der Waals surface area contributed by atoms with Crippen molar-refractivity contribution in [3.63, 3.8) is 0 Å². The van der Waals surface area contributed by atoms with Crippen LogP contribution in [0.2, 0.25) is 0 Å². The molecule has 1 saturated carbocycles. The summed E-state index contributed by atoms with van der Waals surface area (Å²) < 4.78 is 10.8. The summed E-state index contributed by atoms with van der Waals surface area (Å²) in [4.78, 5) is 4.28. The number of rotatable bonds is 5. The molecular formula is C12H16N2O2. The molecule has 1 aromatic rings. The number of pyridine rings is 1. The molecule has 0 amide bonds. The predicted molar refractivity (Wildman–Crippen MR) is 59.3 cm³/mol. The molecule has 1 aliphatic carbocycles. The fourth-order valence-electron chi connectivity index (χ4n) is 1.65. The Balaban J connectivity index is 1.63. The molecule has 4 heteroatoms. The molecule has 1 aliphatic heterocycles. The summed E-state index contributed by atoms with van der Waals surface area (Å²) in [6.07, 6.45) is 4.56. The molecule has 3 rings (SSSR count). The zero-order valence-corrected chi connectivity index (χ0v) is 9.19. The van der Waals surface area contributed by atoms with E-state index in [0.717, 1.165) is 18.0 Å². The summed E-state index contributed by atoms with van der Waals surface area (Å²) >= 11 is 0. The van der Waals surface area contributed by atoms with Gasteiger partial charge in [-0.2, -0.15) is 0 Å². The first-order chi connectivity index (χ1) is 7.92. The average molecular weight is 220 g/mol. The van der Waals surface area contributed by atoms with E-state index in [1.54, 1.807) is 6.20 Å². The Morgan fingerprint density at radius 2 is 2.31 bits per heavy atom. The lowest BCUT2D eigenvalue weighted by molar-refractivity contribution is -0.0817. The summed E-state index contributed by atoms with van der Waals surface area (Å²) in [5.74, 6) is 0.754. The Morgan fingerprint density at radius 1 is 1.44 bits per heavy atom. The van der Waals surface area contributed by atoms with Gasteiger partial charge in [0.1, 0.15) is 6.10 Å². The number of hydrogen-bond donors (Lipinski definition) is 1. The largest absolute Gasteiger partial charge is 0.469 e. The maximum atomic E-state index is 5.76. The van der Waals surface area contributed by atoms with Crippen molar-refractivity contribution in [2.24, 2.45) is 0 Å². The zero-order chi connectivity index (χ0) is 10.8. The van der Waals surface area contributed by atoms with Crippen molar-refractivity contribution in [2.45, 2.75) is 31.5 Å². The molecule has 1 aromatic heterocycles. The van der Waals surface area contributed by atoms with Crippen LogP contribution < -0.4 is 10.1 Å². The van der Waals surface area contributed by atoms with Crippen molar-refractivity contribution in [3.8, 4) is 5.88 Å². The highest BCUT2D eigenvalue weighted by molar-refractivity contribution is 5.25. The average Bonchev–Trinajstić information content (AvgIpc) is 3.05. The van der Waals surface area contributed by atoms with Gasteiger partial charge in [-0.3, -0.25) is 0 Å². The monoisotopic (exact) mass is 220 g/mol. The van der Waals surface area contributed by atoms with Crippen LogP contribution in [-0.2, 0) is 11.3 Å². The van der Waals surface area contributed by atoms with E-state index in [1.807, 2.05) is 6.07 Å². The van der Waals surface area contributed by atoms with Gasteiger partial charge >= 0.3 is 0 Å². The van der Waals surface area contributed by atoms with E-state index in [9.17, 15) is 0 Å². The number of hydrogen-bond acceptors (Lipinski definition) is 4. The SMILES string of the molecule is c1cnc(OC2COC2)c(CNC2CC2)c1. The van der Waals surface area contributed by atoms with Crippen LogP contribution in [0.3, 0.4) is 0 Å². The van der Waals surface area contributed by atoms with Crippen LogP contribution in [0.25, 0.3) is 0 Å². The first kappa shape index (κ1) is 10.1. The van der Waals surface area contributed by atoms with Gasteiger partial charge in [0.05, 0.1) is 13.2 Å². The van der Waals surface area contributed by atoms with E-state index in [-0.39, 0.29) is 6.10 Å². The Kier molecular flexibility index (Phi) is 2.76. The zero-order valence-electron chi connectivity index (χ0n) is 9.19. The van der Waals surface area contributed by atoms with Crippen LogP contribution in [0.5, 0.6) is 5.88 Å². The number of nitrogens with one attached hydrogen (secondary N) is 1. The predicted octanol–water partition coefficient (Wildman–Crippen LogP) is 1.11. The minimum atomic E-state index is 0.189. The Hall–Kier alpha value is -1.13. The topological polar surface area (TPSA) is 43.4 Å². The van der Waals surface area contributed by atoms with Crippen molar-refractivity contribution < 1.29 is 9.47 Å². The quantitative estimate of drug-likeness (QED) is 0.807. The van der Waals surface area contributed by atoms with E-state index >= 15 is 0 Å². The lowest BCUT2D eigenvalue weighted by atomic mass is 10.2. The summed E-state index contributed by atoms with van der Waals surface area (Å²) in [7, 11) is 0. The van der Waals surface area contributed by atoms with Crippen LogP contribution >= 0.6 is 0 Å². The number of ether oxygens (including phenoxy) is 2. The van der Waals surface area contributed by atoms with E-state index in [4.69, 9.17) is 9.47 Å². The minimum Gasteiger partial charge on any atom is -0.469 e. The highest BCUT2D eigenvalue weighted by atomic mass is 16.6. The molecular weight excluding hydrogens is 204 g/mol. The van der Waals surface area contributed by atoms with Crippen LogP contribution in [0.15, 0.2) is 18.3 Å². The van der Waals surface area contributed by atoms with Crippen LogP contribution in [0.1, 0.15) is 18.4 Å². The smallest absolute Gasteiger partial charge is 0.218 e. The van der Waals surface area contributed by atoms with Crippen molar-refractivity contribution in [1.82, 2.24) is 10.3 Å². The summed E-state index contributed by atoms with van der Waals surface area (Å²) in [6.45, 7) is 2.22. The molecule has 0 atom stereocenters. The molecule has 0 unspecified atom stereocenters. The van der Waals surface area contributed by atoms with Crippen molar-refractivity contribution >= 4 is 0 Å². The van der Waals surface area contributed by atoms with E-state index < -0.39 is 0 Å². The standard InChI is InChI=1S/C12H16N2O2/c1-2-9(6-14-10-3-4-10)12(13-5-1)16-11-7-15-8-11/h1-2,5,10-11,14H,3-4,6-8H2. The number of nitrogens with zero attached hydrogens (tertiary/aromatic N) is 1. The van der Waals surface area contributed by atoms with Gasteiger partial charge < -0.3 is 14.8 Å². The fourth-order valence-corrected chi connectivity index (χ4v) is 1.65. The van der Waals surface area contributed by atoms with Gasteiger partial charge in [0.25, 0.3) is 0 Å². The molecule has 16 heavy (non-hydrogen) atoms. The molecule has 0 aromatic carbocycles. The lowest BCUT2D eigenvalue weighted by Crippen LogP contribution is -2.39. The second-order valence-electron chi connectivity index (χ2n) is 4.40. The number of aromatic nitrogens is 1. The summed E-state index contributed by atoms with van der Waals surface area (Å²) in [5.41, 5.74) is 1.14. The third-order valence-electron chi connectivity index (χ3n) is 2.89. The van der Waals surface area contributed by atoms with Gasteiger partial charge in [0, 0.05) is 24.3 Å². The third kappa shape index (κ3) is 2.33. The normalized spacial score (nSPS) is 20.5.